The maximum atomic E-state index is 13.1. The largest absolute Gasteiger partial charge is 0.394 e. The molecule has 8 N–H and O–H groups in total. The lowest BCUT2D eigenvalue weighted by Crippen LogP contribution is -2.60. The van der Waals surface area contributed by atoms with Crippen LogP contribution in [0.15, 0.2) is 12.2 Å². The van der Waals surface area contributed by atoms with E-state index < -0.39 is 74.2 Å². The lowest BCUT2D eigenvalue weighted by molar-refractivity contribution is -0.303. The topological polar surface area (TPSA) is 189 Å². The van der Waals surface area contributed by atoms with Crippen LogP contribution in [0.3, 0.4) is 0 Å². The summed E-state index contributed by atoms with van der Waals surface area (Å²) in [6, 6.07) is -1.17. The summed E-state index contributed by atoms with van der Waals surface area (Å²) in [7, 11) is 0. The minimum absolute atomic E-state index is 0.232. The van der Waals surface area contributed by atoms with Crippen molar-refractivity contribution in [3.63, 3.8) is 0 Å². The third-order valence-electron chi connectivity index (χ3n) is 12.8. The number of hydrogen-bond donors (Lipinski definition) is 8. The third-order valence-corrected chi connectivity index (χ3v) is 12.8. The number of nitrogens with one attached hydrogen (secondary N) is 1. The van der Waals surface area contributed by atoms with E-state index in [1.54, 1.807) is 0 Å². The van der Waals surface area contributed by atoms with E-state index in [1.807, 2.05) is 0 Å². The SMILES string of the molecule is CCCCCCCC/C=C\CCCCC(O)C(=O)NC(COC1OC(CO)C(O)C(O)C1O)C(O)C(O)CCCCCCCCCCCCCCCCCCCCCCCCC. The van der Waals surface area contributed by atoms with Gasteiger partial charge in [-0.15, -0.1) is 0 Å². The second kappa shape index (κ2) is 41.3. The Bertz CT molecular complexity index is 1020. The van der Waals surface area contributed by atoms with Gasteiger partial charge in [-0.05, 0) is 38.5 Å². The van der Waals surface area contributed by atoms with E-state index in [2.05, 4.69) is 31.3 Å². The number of hydrogen-bond acceptors (Lipinski definition) is 10. The van der Waals surface area contributed by atoms with Crippen LogP contribution in [0.2, 0.25) is 0 Å². The summed E-state index contributed by atoms with van der Waals surface area (Å²) in [6.45, 7) is 3.44. The molecule has 0 bridgehead atoms. The standard InChI is InChI=1S/C51H99NO10/c1-3-5-7-9-11-13-15-17-18-19-20-21-22-23-24-25-26-27-29-30-32-34-36-38-43(54)46(56)42(41-61-51-49(59)48(58)47(57)45(40-53)62-51)52-50(60)44(55)39-37-35-33-31-28-16-14-12-10-8-6-4-2/h28,31,42-49,51,53-59H,3-27,29-30,32-41H2,1-2H3,(H,52,60)/b31-28-. The van der Waals surface area contributed by atoms with Gasteiger partial charge in [0, 0.05) is 0 Å². The summed E-state index contributed by atoms with van der Waals surface area (Å²) < 4.78 is 11.1. The third kappa shape index (κ3) is 30.1. The molecule has 1 saturated heterocycles. The van der Waals surface area contributed by atoms with Crippen LogP contribution >= 0.6 is 0 Å². The smallest absolute Gasteiger partial charge is 0.249 e. The Balaban J connectivity index is 2.34. The van der Waals surface area contributed by atoms with Crippen molar-refractivity contribution in [1.29, 1.82) is 0 Å². The normalized spacial score (nSPS) is 21.3. The van der Waals surface area contributed by atoms with Gasteiger partial charge in [0.05, 0.1) is 25.4 Å². The highest BCUT2D eigenvalue weighted by Crippen LogP contribution is 2.23. The number of rotatable bonds is 44. The zero-order chi connectivity index (χ0) is 45.5. The predicted molar refractivity (Wildman–Crippen MR) is 252 cm³/mol. The molecule has 0 aliphatic carbocycles. The van der Waals surface area contributed by atoms with E-state index in [0.717, 1.165) is 38.5 Å². The van der Waals surface area contributed by atoms with Gasteiger partial charge in [0.1, 0.15) is 36.6 Å². The van der Waals surface area contributed by atoms with Gasteiger partial charge in [0.25, 0.3) is 0 Å². The number of ether oxygens (including phenoxy) is 2. The zero-order valence-electron chi connectivity index (χ0n) is 39.9. The van der Waals surface area contributed by atoms with Crippen LogP contribution in [-0.4, -0.2) is 110 Å². The Morgan fingerprint density at radius 3 is 1.37 bits per heavy atom. The van der Waals surface area contributed by atoms with E-state index in [-0.39, 0.29) is 6.42 Å². The first-order valence-corrected chi connectivity index (χ1v) is 26.1. The van der Waals surface area contributed by atoms with Crippen molar-refractivity contribution < 1.29 is 50.0 Å². The summed E-state index contributed by atoms with van der Waals surface area (Å²) in [5, 5.41) is 75.8. The Morgan fingerprint density at radius 1 is 0.548 bits per heavy atom. The zero-order valence-corrected chi connectivity index (χ0v) is 39.9. The molecule has 9 atom stereocenters. The van der Waals surface area contributed by atoms with Gasteiger partial charge in [0.2, 0.25) is 5.91 Å². The van der Waals surface area contributed by atoms with Crippen LogP contribution in [-0.2, 0) is 14.3 Å². The van der Waals surface area contributed by atoms with E-state index in [0.29, 0.717) is 19.3 Å². The monoisotopic (exact) mass is 886 g/mol. The highest BCUT2D eigenvalue weighted by atomic mass is 16.7. The fourth-order valence-corrected chi connectivity index (χ4v) is 8.50. The summed E-state index contributed by atoms with van der Waals surface area (Å²) in [5.74, 6) is -0.711. The van der Waals surface area contributed by atoms with E-state index in [9.17, 15) is 40.5 Å². The summed E-state index contributed by atoms with van der Waals surface area (Å²) >= 11 is 0. The molecule has 62 heavy (non-hydrogen) atoms. The Labute approximate surface area is 379 Å². The molecule has 0 aromatic rings. The molecule has 1 amide bonds. The van der Waals surface area contributed by atoms with Gasteiger partial charge in [-0.2, -0.15) is 0 Å². The van der Waals surface area contributed by atoms with Gasteiger partial charge in [-0.25, -0.2) is 0 Å². The quantitative estimate of drug-likeness (QED) is 0.0216. The Hall–Kier alpha value is -1.15. The van der Waals surface area contributed by atoms with Crippen LogP contribution in [0.4, 0.5) is 0 Å². The predicted octanol–water partition coefficient (Wildman–Crippen LogP) is 9.62. The maximum absolute atomic E-state index is 13.1. The van der Waals surface area contributed by atoms with E-state index in [1.165, 1.54) is 161 Å². The number of allylic oxidation sites excluding steroid dienone is 2. The highest BCUT2D eigenvalue weighted by Gasteiger charge is 2.44. The average molecular weight is 886 g/mol. The molecule has 0 aromatic heterocycles. The molecular formula is C51H99NO10. The maximum Gasteiger partial charge on any atom is 0.249 e. The molecule has 9 unspecified atom stereocenters. The summed E-state index contributed by atoms with van der Waals surface area (Å²) in [6.07, 6.45) is 34.1. The molecule has 0 aromatic carbocycles. The molecule has 1 aliphatic heterocycles. The molecule has 0 radical (unpaired) electrons. The number of unbranched alkanes of at least 4 members (excludes halogenated alkanes) is 30. The second-order valence-electron chi connectivity index (χ2n) is 18.6. The van der Waals surface area contributed by atoms with Crippen molar-refractivity contribution in [3.05, 3.63) is 12.2 Å². The van der Waals surface area contributed by atoms with Gasteiger partial charge < -0.3 is 50.5 Å². The number of aliphatic hydroxyl groups is 7. The van der Waals surface area contributed by atoms with Crippen LogP contribution in [0.25, 0.3) is 0 Å². The van der Waals surface area contributed by atoms with Crippen LogP contribution in [0.1, 0.15) is 239 Å². The molecule has 368 valence electrons. The second-order valence-corrected chi connectivity index (χ2v) is 18.6. The Kier molecular flexibility index (Phi) is 39.2. The van der Waals surface area contributed by atoms with Crippen LogP contribution in [0.5, 0.6) is 0 Å². The first kappa shape index (κ1) is 58.9. The minimum atomic E-state index is -1.66. The molecule has 11 nitrogen and oxygen atoms in total. The van der Waals surface area contributed by atoms with Gasteiger partial charge in [-0.3, -0.25) is 4.79 Å². The highest BCUT2D eigenvalue weighted by molar-refractivity contribution is 5.80. The van der Waals surface area contributed by atoms with Gasteiger partial charge in [-0.1, -0.05) is 212 Å². The molecule has 0 saturated carbocycles. The van der Waals surface area contributed by atoms with Crippen molar-refractivity contribution in [1.82, 2.24) is 5.32 Å². The minimum Gasteiger partial charge on any atom is -0.394 e. The molecular weight excluding hydrogens is 787 g/mol. The summed E-state index contributed by atoms with van der Waals surface area (Å²) in [4.78, 5) is 13.1. The van der Waals surface area contributed by atoms with Crippen molar-refractivity contribution in [3.8, 4) is 0 Å². The van der Waals surface area contributed by atoms with Crippen molar-refractivity contribution in [2.24, 2.45) is 0 Å². The van der Waals surface area contributed by atoms with Crippen molar-refractivity contribution in [2.45, 2.75) is 294 Å². The number of amides is 1. The fourth-order valence-electron chi connectivity index (χ4n) is 8.50. The van der Waals surface area contributed by atoms with Crippen molar-refractivity contribution >= 4 is 5.91 Å². The molecule has 1 rings (SSSR count). The first-order chi connectivity index (χ1) is 30.2. The first-order valence-electron chi connectivity index (χ1n) is 26.1. The number of carbonyl (C=O) groups excluding carboxylic acids is 1. The van der Waals surface area contributed by atoms with Crippen LogP contribution < -0.4 is 5.32 Å². The van der Waals surface area contributed by atoms with Gasteiger partial charge >= 0.3 is 0 Å². The lowest BCUT2D eigenvalue weighted by atomic mass is 9.98. The van der Waals surface area contributed by atoms with E-state index in [4.69, 9.17) is 9.47 Å². The fraction of sp³-hybridized carbons (Fsp3) is 0.941. The van der Waals surface area contributed by atoms with Crippen LogP contribution in [0, 0.1) is 0 Å². The van der Waals surface area contributed by atoms with Crippen molar-refractivity contribution in [2.75, 3.05) is 13.2 Å². The molecule has 0 spiro atoms. The number of aliphatic hydroxyl groups excluding tert-OH is 7. The molecule has 1 aliphatic rings. The van der Waals surface area contributed by atoms with Gasteiger partial charge in [0.15, 0.2) is 6.29 Å². The summed E-state index contributed by atoms with van der Waals surface area (Å²) in [5.41, 5.74) is 0. The molecule has 1 fully saturated rings. The number of carbonyl (C=O) groups is 1. The lowest BCUT2D eigenvalue weighted by Gasteiger charge is -2.40. The Morgan fingerprint density at radius 2 is 0.935 bits per heavy atom. The molecule has 11 heteroatoms. The van der Waals surface area contributed by atoms with E-state index >= 15 is 0 Å². The molecule has 1 heterocycles. The average Bonchev–Trinajstić information content (AvgIpc) is 3.27.